The number of hydrogen-bond donors (Lipinski definition) is 3. The largest absolute Gasteiger partial charge is 0.480 e. The Bertz CT molecular complexity index is 909. The van der Waals surface area contributed by atoms with E-state index in [1.807, 2.05) is 48.0 Å². The van der Waals surface area contributed by atoms with Crippen LogP contribution in [0.4, 0.5) is 17.1 Å². The van der Waals surface area contributed by atoms with Gasteiger partial charge in [0, 0.05) is 19.8 Å². The third-order valence-corrected chi connectivity index (χ3v) is 5.06. The molecule has 0 amide bonds. The van der Waals surface area contributed by atoms with E-state index in [2.05, 4.69) is 10.2 Å². The Labute approximate surface area is 157 Å². The maximum Gasteiger partial charge on any atom is 0.324 e. The summed E-state index contributed by atoms with van der Waals surface area (Å²) in [6, 6.07) is 11.3. The van der Waals surface area contributed by atoms with Gasteiger partial charge in [-0.1, -0.05) is 0 Å². The van der Waals surface area contributed by atoms with Crippen molar-refractivity contribution in [2.45, 2.75) is 10.9 Å². The zero-order valence-electron chi connectivity index (χ0n) is 14.8. The van der Waals surface area contributed by atoms with Crippen LogP contribution in [-0.2, 0) is 14.8 Å². The van der Waals surface area contributed by atoms with Crippen LogP contribution >= 0.6 is 0 Å². The third kappa shape index (κ3) is 5.58. The van der Waals surface area contributed by atoms with Gasteiger partial charge in [-0.15, -0.1) is 0 Å². The maximum absolute atomic E-state index is 12.1. The van der Waals surface area contributed by atoms with Gasteiger partial charge < -0.3 is 15.1 Å². The molecule has 0 aliphatic carbocycles. The van der Waals surface area contributed by atoms with E-state index < -0.39 is 28.6 Å². The van der Waals surface area contributed by atoms with Gasteiger partial charge in [-0.3, -0.25) is 4.79 Å². The molecule has 0 fully saturated rings. The van der Waals surface area contributed by atoms with Crippen LogP contribution in [0.3, 0.4) is 0 Å². The average Bonchev–Trinajstić information content (AvgIpc) is 2.65. The first-order chi connectivity index (χ1) is 12.7. The van der Waals surface area contributed by atoms with Gasteiger partial charge in [0.15, 0.2) is 0 Å². The quantitative estimate of drug-likeness (QED) is 0.588. The van der Waals surface area contributed by atoms with E-state index in [4.69, 9.17) is 10.2 Å². The maximum atomic E-state index is 12.1. The van der Waals surface area contributed by atoms with E-state index in [0.717, 1.165) is 5.69 Å². The first-order valence-corrected chi connectivity index (χ1v) is 9.36. The number of hydrogen-bond acceptors (Lipinski definition) is 7. The molecule has 0 aliphatic heterocycles. The highest BCUT2D eigenvalue weighted by Crippen LogP contribution is 2.22. The van der Waals surface area contributed by atoms with Gasteiger partial charge in [0.1, 0.15) is 6.04 Å². The predicted octanol–water partition coefficient (Wildman–Crippen LogP) is 1.89. The van der Waals surface area contributed by atoms with Crippen molar-refractivity contribution in [3.05, 3.63) is 48.5 Å². The normalized spacial score (nSPS) is 12.9. The molecule has 2 rings (SSSR count). The van der Waals surface area contributed by atoms with E-state index >= 15 is 0 Å². The number of azo groups is 1. The summed E-state index contributed by atoms with van der Waals surface area (Å²) in [4.78, 5) is 12.7. The molecule has 144 valence electrons. The second-order valence-electron chi connectivity index (χ2n) is 5.80. The number of anilines is 1. The van der Waals surface area contributed by atoms with Gasteiger partial charge in [-0.05, 0) is 48.5 Å². The van der Waals surface area contributed by atoms with Crippen molar-refractivity contribution in [1.29, 1.82) is 0 Å². The Balaban J connectivity index is 2.11. The topological polar surface area (TPSA) is 132 Å². The van der Waals surface area contributed by atoms with Crippen LogP contribution in [-0.4, -0.2) is 51.3 Å². The fourth-order valence-corrected chi connectivity index (χ4v) is 3.23. The highest BCUT2D eigenvalue weighted by molar-refractivity contribution is 7.89. The van der Waals surface area contributed by atoms with E-state index in [-0.39, 0.29) is 4.90 Å². The molecule has 3 N–H and O–H groups in total. The lowest BCUT2D eigenvalue weighted by atomic mass is 10.3. The molecule has 0 spiro atoms. The Kier molecular flexibility index (Phi) is 6.61. The van der Waals surface area contributed by atoms with Crippen molar-refractivity contribution in [3.63, 3.8) is 0 Å². The smallest absolute Gasteiger partial charge is 0.324 e. The molecule has 0 aliphatic rings. The van der Waals surface area contributed by atoms with Crippen molar-refractivity contribution in [2.75, 3.05) is 25.6 Å². The molecular weight excluding hydrogens is 372 g/mol. The number of aliphatic carboxylic acids is 1. The van der Waals surface area contributed by atoms with Crippen LogP contribution in [0.2, 0.25) is 0 Å². The summed E-state index contributed by atoms with van der Waals surface area (Å²) in [5.41, 5.74) is 2.10. The first kappa shape index (κ1) is 20.5. The Morgan fingerprint density at radius 1 is 1.04 bits per heavy atom. The molecule has 2 aromatic rings. The Morgan fingerprint density at radius 3 is 1.93 bits per heavy atom. The Morgan fingerprint density at radius 2 is 1.52 bits per heavy atom. The van der Waals surface area contributed by atoms with Gasteiger partial charge in [0.05, 0.1) is 22.9 Å². The summed E-state index contributed by atoms with van der Waals surface area (Å²) in [5.74, 6) is -1.47. The molecule has 27 heavy (non-hydrogen) atoms. The summed E-state index contributed by atoms with van der Waals surface area (Å²) in [6.07, 6.45) is 0. The number of carbonyl (C=O) groups is 1. The average molecular weight is 392 g/mol. The second-order valence-corrected chi connectivity index (χ2v) is 7.51. The molecule has 0 unspecified atom stereocenters. The van der Waals surface area contributed by atoms with E-state index in [1.54, 1.807) is 0 Å². The third-order valence-electron chi connectivity index (χ3n) is 3.57. The van der Waals surface area contributed by atoms with Crippen LogP contribution in [0, 0.1) is 0 Å². The highest BCUT2D eigenvalue weighted by atomic mass is 32.2. The lowest BCUT2D eigenvalue weighted by Crippen LogP contribution is -2.43. The van der Waals surface area contributed by atoms with Crippen molar-refractivity contribution >= 4 is 33.1 Å². The molecule has 0 heterocycles. The molecule has 0 radical (unpaired) electrons. The molecule has 2 aromatic carbocycles. The lowest BCUT2D eigenvalue weighted by Gasteiger charge is -2.12. The van der Waals surface area contributed by atoms with Crippen LogP contribution in [0.5, 0.6) is 0 Å². The fourth-order valence-electron chi connectivity index (χ4n) is 2.05. The van der Waals surface area contributed by atoms with Crippen molar-refractivity contribution in [1.82, 2.24) is 4.72 Å². The van der Waals surface area contributed by atoms with Gasteiger partial charge in [0.2, 0.25) is 10.0 Å². The molecular formula is C17H20N4O5S. The summed E-state index contributed by atoms with van der Waals surface area (Å²) < 4.78 is 26.2. The standard InChI is InChI=1S/C17H20N4O5S/c1-21(2)14-7-3-12(4-8-14)18-19-13-5-9-15(10-6-13)27(25,26)20-16(11-22)17(23)24/h3-10,16,20,22H,11H2,1-2H3,(H,23,24)/t16-/m0/s1. The van der Waals surface area contributed by atoms with Crippen LogP contribution < -0.4 is 9.62 Å². The number of aliphatic hydroxyl groups is 1. The number of nitrogens with one attached hydrogen (secondary N) is 1. The molecule has 0 bridgehead atoms. The number of sulfonamides is 1. The van der Waals surface area contributed by atoms with Crippen molar-refractivity contribution < 1.29 is 23.4 Å². The van der Waals surface area contributed by atoms with Gasteiger partial charge >= 0.3 is 5.97 Å². The van der Waals surface area contributed by atoms with Crippen molar-refractivity contribution in [3.8, 4) is 0 Å². The molecule has 9 nitrogen and oxygen atoms in total. The summed E-state index contributed by atoms with van der Waals surface area (Å²) in [7, 11) is -0.220. The highest BCUT2D eigenvalue weighted by Gasteiger charge is 2.24. The van der Waals surface area contributed by atoms with Crippen LogP contribution in [0.15, 0.2) is 63.7 Å². The summed E-state index contributed by atoms with van der Waals surface area (Å²) in [6.45, 7) is -0.854. The lowest BCUT2D eigenvalue weighted by molar-refractivity contribution is -0.139. The molecule has 0 saturated carbocycles. The predicted molar refractivity (Wildman–Crippen MR) is 100 cm³/mol. The number of aliphatic hydroxyl groups excluding tert-OH is 1. The molecule has 1 atom stereocenters. The monoisotopic (exact) mass is 392 g/mol. The summed E-state index contributed by atoms with van der Waals surface area (Å²) >= 11 is 0. The zero-order chi connectivity index (χ0) is 20.0. The van der Waals surface area contributed by atoms with Gasteiger partial charge in [-0.25, -0.2) is 8.42 Å². The number of nitrogens with zero attached hydrogens (tertiary/aromatic N) is 3. The van der Waals surface area contributed by atoms with Gasteiger partial charge in [0.25, 0.3) is 0 Å². The minimum absolute atomic E-state index is 0.142. The summed E-state index contributed by atoms with van der Waals surface area (Å²) in [5, 5.41) is 25.9. The first-order valence-electron chi connectivity index (χ1n) is 7.88. The number of carboxylic acid groups (broad SMARTS) is 1. The fraction of sp³-hybridized carbons (Fsp3) is 0.235. The van der Waals surface area contributed by atoms with E-state index in [9.17, 15) is 13.2 Å². The minimum atomic E-state index is -4.08. The van der Waals surface area contributed by atoms with Crippen LogP contribution in [0.25, 0.3) is 0 Å². The molecule has 0 aromatic heterocycles. The molecule has 10 heteroatoms. The van der Waals surface area contributed by atoms with E-state index in [1.165, 1.54) is 24.3 Å². The van der Waals surface area contributed by atoms with E-state index in [0.29, 0.717) is 11.4 Å². The second kappa shape index (κ2) is 8.71. The number of benzene rings is 2. The zero-order valence-corrected chi connectivity index (χ0v) is 15.6. The number of carboxylic acids is 1. The van der Waals surface area contributed by atoms with Gasteiger partial charge in [-0.2, -0.15) is 15.0 Å². The molecule has 0 saturated heterocycles. The minimum Gasteiger partial charge on any atom is -0.480 e. The number of rotatable bonds is 8. The Hall–Kier alpha value is -2.82. The SMILES string of the molecule is CN(C)c1ccc(N=Nc2ccc(S(=O)(=O)N[C@@H](CO)C(=O)O)cc2)cc1. The van der Waals surface area contributed by atoms with Crippen LogP contribution in [0.1, 0.15) is 0 Å². The van der Waals surface area contributed by atoms with Crippen molar-refractivity contribution in [2.24, 2.45) is 10.2 Å².